The van der Waals surface area contributed by atoms with Crippen LogP contribution in [0.15, 0.2) is 0 Å². The molecule has 0 radical (unpaired) electrons. The normalized spacial score (nSPS) is 18.2. The molecule has 1 saturated carbocycles. The zero-order valence-corrected chi connectivity index (χ0v) is 11.2. The van der Waals surface area contributed by atoms with Crippen LogP contribution in [-0.2, 0) is 4.79 Å². The largest absolute Gasteiger partial charge is 0.349 e. The van der Waals surface area contributed by atoms with Gasteiger partial charge in [0.15, 0.2) is 0 Å². The number of rotatable bonds is 5. The average molecular weight is 249 g/mol. The molecular weight excluding hydrogens is 224 g/mol. The fraction of sp³-hybridized carbons (Fsp3) is 0.917. The maximum absolute atomic E-state index is 12.0. The van der Waals surface area contributed by atoms with Crippen LogP contribution in [0.3, 0.4) is 0 Å². The van der Waals surface area contributed by atoms with Crippen molar-refractivity contribution < 1.29 is 4.79 Å². The van der Waals surface area contributed by atoms with Gasteiger partial charge in [-0.15, -0.1) is 12.4 Å². The van der Waals surface area contributed by atoms with E-state index in [1.165, 1.54) is 12.8 Å². The van der Waals surface area contributed by atoms with Crippen LogP contribution in [0.5, 0.6) is 0 Å². The van der Waals surface area contributed by atoms with E-state index >= 15 is 0 Å². The molecular formula is C12H25ClN2O. The molecule has 96 valence electrons. The summed E-state index contributed by atoms with van der Waals surface area (Å²) in [6.45, 7) is 4.72. The van der Waals surface area contributed by atoms with Gasteiger partial charge in [-0.25, -0.2) is 0 Å². The first-order valence-electron chi connectivity index (χ1n) is 6.19. The summed E-state index contributed by atoms with van der Waals surface area (Å²) in [5.74, 6) is 0.362. The average Bonchev–Trinajstić information content (AvgIpc) is 2.69. The Hall–Kier alpha value is -0.280. The van der Waals surface area contributed by atoms with E-state index in [1.54, 1.807) is 0 Å². The van der Waals surface area contributed by atoms with Crippen molar-refractivity contribution in [3.05, 3.63) is 0 Å². The summed E-state index contributed by atoms with van der Waals surface area (Å²) < 4.78 is 0. The van der Waals surface area contributed by atoms with Gasteiger partial charge in [-0.2, -0.15) is 0 Å². The highest BCUT2D eigenvalue weighted by molar-refractivity contribution is 5.85. The Morgan fingerprint density at radius 2 is 1.81 bits per heavy atom. The number of hydrogen-bond acceptors (Lipinski definition) is 2. The number of halogens is 1. The first-order chi connectivity index (χ1) is 7.17. The number of amides is 1. The molecule has 0 atom stereocenters. The third-order valence-electron chi connectivity index (χ3n) is 3.70. The highest BCUT2D eigenvalue weighted by Gasteiger charge is 2.34. The lowest BCUT2D eigenvalue weighted by atomic mass is 9.95. The first kappa shape index (κ1) is 15.7. The fourth-order valence-electron chi connectivity index (χ4n) is 2.45. The molecule has 0 aromatic heterocycles. The monoisotopic (exact) mass is 248 g/mol. The van der Waals surface area contributed by atoms with Crippen LogP contribution in [0, 0.1) is 5.92 Å². The minimum Gasteiger partial charge on any atom is -0.349 e. The van der Waals surface area contributed by atoms with Gasteiger partial charge < -0.3 is 11.1 Å². The molecule has 1 aliphatic carbocycles. The molecule has 0 bridgehead atoms. The van der Waals surface area contributed by atoms with Gasteiger partial charge in [-0.05, 0) is 25.7 Å². The highest BCUT2D eigenvalue weighted by Crippen LogP contribution is 2.29. The lowest BCUT2D eigenvalue weighted by molar-refractivity contribution is -0.127. The van der Waals surface area contributed by atoms with Gasteiger partial charge in [0.05, 0.1) is 5.54 Å². The minimum atomic E-state index is -0.0837. The summed E-state index contributed by atoms with van der Waals surface area (Å²) in [5.41, 5.74) is 5.70. The van der Waals surface area contributed by atoms with Gasteiger partial charge in [0.25, 0.3) is 0 Å². The molecule has 4 heteroatoms. The number of nitrogens with two attached hydrogens (primary N) is 1. The van der Waals surface area contributed by atoms with Crippen molar-refractivity contribution in [2.75, 3.05) is 6.54 Å². The standard InChI is InChI=1S/C12H24N2O.ClH/c1-3-10(4-2)11(15)14-12(9-13)7-5-6-8-12;/h10H,3-9,13H2,1-2H3,(H,14,15);1H. The van der Waals surface area contributed by atoms with Gasteiger partial charge >= 0.3 is 0 Å². The maximum Gasteiger partial charge on any atom is 0.223 e. The Morgan fingerprint density at radius 1 is 1.31 bits per heavy atom. The zero-order chi connectivity index (χ0) is 11.3. The van der Waals surface area contributed by atoms with E-state index in [-0.39, 0.29) is 29.8 Å². The Bertz CT molecular complexity index is 211. The van der Waals surface area contributed by atoms with Gasteiger partial charge in [0.2, 0.25) is 5.91 Å². The van der Waals surface area contributed by atoms with Crippen LogP contribution in [0.1, 0.15) is 52.4 Å². The molecule has 1 fully saturated rings. The lowest BCUT2D eigenvalue weighted by Crippen LogP contribution is -2.53. The quantitative estimate of drug-likeness (QED) is 0.784. The molecule has 0 unspecified atom stereocenters. The van der Waals surface area contributed by atoms with Crippen molar-refractivity contribution >= 4 is 18.3 Å². The summed E-state index contributed by atoms with van der Waals surface area (Å²) in [6.07, 6.45) is 6.33. The van der Waals surface area contributed by atoms with E-state index in [0.717, 1.165) is 25.7 Å². The lowest BCUT2D eigenvalue weighted by Gasteiger charge is -2.30. The molecule has 0 aromatic rings. The van der Waals surface area contributed by atoms with Gasteiger partial charge in [-0.3, -0.25) is 4.79 Å². The van der Waals surface area contributed by atoms with Gasteiger partial charge in [0.1, 0.15) is 0 Å². The Labute approximate surface area is 105 Å². The summed E-state index contributed by atoms with van der Waals surface area (Å²) in [6, 6.07) is 0. The molecule has 1 rings (SSSR count). The second kappa shape index (κ2) is 7.13. The third kappa shape index (κ3) is 3.63. The number of carbonyl (C=O) groups excluding carboxylic acids is 1. The predicted octanol–water partition coefficient (Wildman–Crippen LogP) is 2.23. The van der Waals surface area contributed by atoms with Crippen molar-refractivity contribution in [1.29, 1.82) is 0 Å². The van der Waals surface area contributed by atoms with Crippen molar-refractivity contribution in [3.63, 3.8) is 0 Å². The second-order valence-corrected chi connectivity index (χ2v) is 4.69. The molecule has 0 aliphatic heterocycles. The molecule has 0 aromatic carbocycles. The van der Waals surface area contributed by atoms with E-state index in [0.29, 0.717) is 6.54 Å². The van der Waals surface area contributed by atoms with Gasteiger partial charge in [0, 0.05) is 12.5 Å². The number of carbonyl (C=O) groups is 1. The summed E-state index contributed by atoms with van der Waals surface area (Å²) in [7, 11) is 0. The SMILES string of the molecule is CCC(CC)C(=O)NC1(CN)CCCC1.Cl. The fourth-order valence-corrected chi connectivity index (χ4v) is 2.45. The van der Waals surface area contributed by atoms with Crippen molar-refractivity contribution in [1.82, 2.24) is 5.32 Å². The highest BCUT2D eigenvalue weighted by atomic mass is 35.5. The van der Waals surface area contributed by atoms with Crippen LogP contribution in [0.2, 0.25) is 0 Å². The van der Waals surface area contributed by atoms with Crippen LogP contribution in [-0.4, -0.2) is 18.0 Å². The zero-order valence-electron chi connectivity index (χ0n) is 10.4. The predicted molar refractivity (Wildman–Crippen MR) is 69.7 cm³/mol. The van der Waals surface area contributed by atoms with E-state index in [4.69, 9.17) is 5.73 Å². The molecule has 3 nitrogen and oxygen atoms in total. The van der Waals surface area contributed by atoms with E-state index < -0.39 is 0 Å². The van der Waals surface area contributed by atoms with Crippen molar-refractivity contribution in [2.24, 2.45) is 11.7 Å². The smallest absolute Gasteiger partial charge is 0.223 e. The van der Waals surface area contributed by atoms with E-state index in [2.05, 4.69) is 19.2 Å². The van der Waals surface area contributed by atoms with Crippen molar-refractivity contribution in [2.45, 2.75) is 57.9 Å². The van der Waals surface area contributed by atoms with Crippen LogP contribution in [0.4, 0.5) is 0 Å². The Balaban J connectivity index is 0.00000225. The summed E-state index contributed by atoms with van der Waals surface area (Å²) in [5, 5.41) is 3.18. The molecule has 1 aliphatic rings. The second-order valence-electron chi connectivity index (χ2n) is 4.69. The summed E-state index contributed by atoms with van der Waals surface area (Å²) in [4.78, 5) is 12.0. The van der Waals surface area contributed by atoms with Crippen LogP contribution in [0.25, 0.3) is 0 Å². The van der Waals surface area contributed by atoms with E-state index in [1.807, 2.05) is 0 Å². The number of nitrogens with one attached hydrogen (secondary N) is 1. The van der Waals surface area contributed by atoms with Crippen LogP contribution >= 0.6 is 12.4 Å². The molecule has 0 saturated heterocycles. The molecule has 0 spiro atoms. The van der Waals surface area contributed by atoms with Gasteiger partial charge in [-0.1, -0.05) is 26.7 Å². The Morgan fingerprint density at radius 3 is 2.19 bits per heavy atom. The third-order valence-corrected chi connectivity index (χ3v) is 3.70. The summed E-state index contributed by atoms with van der Waals surface area (Å²) >= 11 is 0. The molecule has 1 amide bonds. The first-order valence-corrected chi connectivity index (χ1v) is 6.19. The minimum absolute atomic E-state index is 0. The maximum atomic E-state index is 12.0. The Kier molecular flexibility index (Phi) is 7.00. The van der Waals surface area contributed by atoms with E-state index in [9.17, 15) is 4.79 Å². The molecule has 0 heterocycles. The number of hydrogen-bond donors (Lipinski definition) is 2. The molecule has 16 heavy (non-hydrogen) atoms. The van der Waals surface area contributed by atoms with Crippen LogP contribution < -0.4 is 11.1 Å². The van der Waals surface area contributed by atoms with Crippen molar-refractivity contribution in [3.8, 4) is 0 Å². The topological polar surface area (TPSA) is 55.1 Å². The molecule has 3 N–H and O–H groups in total.